The number of aliphatic hydroxyl groups is 2. The normalized spacial score (nSPS) is 15.1. The minimum Gasteiger partial charge on any atom is -0.462 e. The van der Waals surface area contributed by atoms with Crippen LogP contribution in [-0.4, -0.2) is 81.6 Å². The quantitative estimate of drug-likeness (QED) is 0.0127. The van der Waals surface area contributed by atoms with E-state index in [-0.39, 0.29) is 12.8 Å². The predicted molar refractivity (Wildman–Crippen MR) is 236 cm³/mol. The Morgan fingerprint density at radius 3 is 1.80 bits per heavy atom. The zero-order chi connectivity index (χ0) is 44.7. The Morgan fingerprint density at radius 1 is 0.600 bits per heavy atom. The summed E-state index contributed by atoms with van der Waals surface area (Å²) in [6, 6.07) is 0. The fraction of sp³-hybridized carbons (Fsp3) is 0.773. The number of aliphatic hydroxyl groups excluding tert-OH is 2. The molecule has 0 radical (unpaired) electrons. The molecule has 60 heavy (non-hydrogen) atoms. The predicted octanol–water partition coefficient (Wildman–Crippen LogP) is 10.3. The number of hydrogen-bond acceptors (Lipinski definition) is 11. The van der Waals surface area contributed by atoms with Crippen molar-refractivity contribution in [2.24, 2.45) is 5.92 Å². The Bertz CT molecular complexity index is 1280. The second-order valence-corrected chi connectivity index (χ2v) is 18.3. The molecular weight excluding hydrogens is 814 g/mol. The van der Waals surface area contributed by atoms with E-state index in [0.29, 0.717) is 32.1 Å². The second kappa shape index (κ2) is 38.7. The Hall–Kier alpha value is -1.96. The molecule has 0 spiro atoms. The van der Waals surface area contributed by atoms with Crippen LogP contribution in [0.2, 0.25) is 0 Å². The summed E-state index contributed by atoms with van der Waals surface area (Å²) in [6.07, 6.45) is 34.3. The monoisotopic (exact) mass is 895 g/mol. The number of carbonyl (C=O) groups excluding carboxylic acids is 2. The lowest BCUT2D eigenvalue weighted by Gasteiger charge is -2.20. The third-order valence-corrected chi connectivity index (χ3v) is 10.7. The van der Waals surface area contributed by atoms with E-state index < -0.39 is 72.3 Å². The molecule has 0 aromatic carbocycles. The Labute approximate surface area is 361 Å². The van der Waals surface area contributed by atoms with Crippen molar-refractivity contribution in [1.82, 2.24) is 0 Å². The van der Waals surface area contributed by atoms with Crippen LogP contribution in [0.25, 0.3) is 0 Å². The molecular formula is C44H80O14P2. The topological polar surface area (TPSA) is 216 Å². The van der Waals surface area contributed by atoms with Gasteiger partial charge in [0.25, 0.3) is 0 Å². The summed E-state index contributed by atoms with van der Waals surface area (Å²) in [6.45, 7) is 3.89. The van der Waals surface area contributed by atoms with Gasteiger partial charge in [-0.2, -0.15) is 0 Å². The molecule has 5 N–H and O–H groups in total. The fourth-order valence-corrected chi connectivity index (χ4v) is 6.94. The van der Waals surface area contributed by atoms with Crippen LogP contribution < -0.4 is 0 Å². The standard InChI is InChI=1S/C44H80O14P2/c1-4-5-6-7-21-26-31-40(45)32-27-22-17-14-15-19-24-29-34-44(48)58-42(38-57-60(52,53)56-36-41(46)35-55-59(49,50)51)37-54-43(47)33-28-23-18-13-11-9-8-10-12-16-20-25-30-39(2)3/h15,17,19,21-22,26-27,32,39-42,45-46H,4-14,16,18,20,23-25,28-31,33-38H2,1-3H3,(H,52,53)(H2,49,50,51)/b19-15-,22-17-,26-21-,32-27+/t40-,41-,42+/m0/s1. The lowest BCUT2D eigenvalue weighted by molar-refractivity contribution is -0.161. The highest BCUT2D eigenvalue weighted by Crippen LogP contribution is 2.43. The van der Waals surface area contributed by atoms with Crippen LogP contribution in [0.15, 0.2) is 48.6 Å². The zero-order valence-corrected chi connectivity index (χ0v) is 38.6. The SMILES string of the molecule is CCCCC/C=C\C[C@H](O)/C=C/C=C\C/C=C\CCCC(=O)O[C@H](COC(=O)CCCCCCCCCCCCCCC(C)C)COP(=O)(O)OC[C@@H](O)COP(=O)(O)O. The second-order valence-electron chi connectivity index (χ2n) is 15.7. The first-order valence-electron chi connectivity index (χ1n) is 22.3. The molecule has 0 amide bonds. The maximum Gasteiger partial charge on any atom is 0.472 e. The van der Waals surface area contributed by atoms with Crippen molar-refractivity contribution < 1.29 is 66.7 Å². The van der Waals surface area contributed by atoms with Gasteiger partial charge in [-0.05, 0) is 50.9 Å². The van der Waals surface area contributed by atoms with E-state index in [1.807, 2.05) is 36.5 Å². The van der Waals surface area contributed by atoms with Crippen molar-refractivity contribution in [2.75, 3.05) is 26.4 Å². The van der Waals surface area contributed by atoms with E-state index in [0.717, 1.165) is 31.6 Å². The van der Waals surface area contributed by atoms with Gasteiger partial charge in [0.2, 0.25) is 0 Å². The summed E-state index contributed by atoms with van der Waals surface area (Å²) in [7, 11) is -9.71. The highest BCUT2D eigenvalue weighted by molar-refractivity contribution is 7.47. The Morgan fingerprint density at radius 2 is 1.17 bits per heavy atom. The van der Waals surface area contributed by atoms with E-state index >= 15 is 0 Å². The lowest BCUT2D eigenvalue weighted by Crippen LogP contribution is -2.29. The first-order valence-corrected chi connectivity index (χ1v) is 25.3. The number of allylic oxidation sites excluding steroid dienone is 6. The van der Waals surface area contributed by atoms with Crippen molar-refractivity contribution in [1.29, 1.82) is 0 Å². The molecule has 4 atom stereocenters. The summed E-state index contributed by atoms with van der Waals surface area (Å²) in [4.78, 5) is 52.7. The summed E-state index contributed by atoms with van der Waals surface area (Å²) in [5, 5.41) is 19.8. The van der Waals surface area contributed by atoms with Gasteiger partial charge >= 0.3 is 27.6 Å². The van der Waals surface area contributed by atoms with Crippen LogP contribution in [-0.2, 0) is 41.8 Å². The van der Waals surface area contributed by atoms with Crippen LogP contribution in [0.1, 0.15) is 168 Å². The summed E-state index contributed by atoms with van der Waals surface area (Å²) >= 11 is 0. The van der Waals surface area contributed by atoms with E-state index in [1.165, 1.54) is 77.0 Å². The average molecular weight is 895 g/mol. The summed E-state index contributed by atoms with van der Waals surface area (Å²) < 4.78 is 47.7. The number of carbonyl (C=O) groups is 2. The number of phosphoric ester groups is 2. The van der Waals surface area contributed by atoms with Crippen molar-refractivity contribution in [3.63, 3.8) is 0 Å². The molecule has 0 aliphatic heterocycles. The van der Waals surface area contributed by atoms with Crippen molar-refractivity contribution in [3.05, 3.63) is 48.6 Å². The molecule has 0 fully saturated rings. The van der Waals surface area contributed by atoms with Crippen molar-refractivity contribution in [3.8, 4) is 0 Å². The molecule has 0 aromatic heterocycles. The van der Waals surface area contributed by atoms with Gasteiger partial charge in [0.05, 0.1) is 25.9 Å². The van der Waals surface area contributed by atoms with Crippen molar-refractivity contribution in [2.45, 2.75) is 187 Å². The molecule has 0 aliphatic carbocycles. The number of phosphoric acid groups is 2. The van der Waals surface area contributed by atoms with Gasteiger partial charge in [0, 0.05) is 12.8 Å². The Kier molecular flexibility index (Phi) is 37.4. The molecule has 0 aromatic rings. The number of esters is 2. The first-order chi connectivity index (χ1) is 28.6. The van der Waals surface area contributed by atoms with Gasteiger partial charge in [0.1, 0.15) is 12.7 Å². The summed E-state index contributed by atoms with van der Waals surface area (Å²) in [5.41, 5.74) is 0. The molecule has 350 valence electrons. The van der Waals surface area contributed by atoms with Gasteiger partial charge in [-0.1, -0.05) is 159 Å². The van der Waals surface area contributed by atoms with Gasteiger partial charge in [0.15, 0.2) is 6.10 Å². The van der Waals surface area contributed by atoms with Crippen LogP contribution >= 0.6 is 15.6 Å². The molecule has 16 heteroatoms. The number of rotatable bonds is 41. The molecule has 0 aliphatic rings. The zero-order valence-electron chi connectivity index (χ0n) is 36.8. The van der Waals surface area contributed by atoms with Crippen LogP contribution in [0.5, 0.6) is 0 Å². The highest BCUT2D eigenvalue weighted by Gasteiger charge is 2.28. The number of unbranched alkanes of at least 4 members (excludes halogenated alkanes) is 15. The first kappa shape index (κ1) is 58.0. The third-order valence-electron chi connectivity index (χ3n) is 9.22. The molecule has 0 bridgehead atoms. The molecule has 0 saturated carbocycles. The van der Waals surface area contributed by atoms with Crippen molar-refractivity contribution >= 4 is 27.6 Å². The maximum absolute atomic E-state index is 12.6. The fourth-order valence-electron chi connectivity index (χ4n) is 5.79. The third kappa shape index (κ3) is 42.7. The van der Waals surface area contributed by atoms with Crippen LogP contribution in [0.3, 0.4) is 0 Å². The van der Waals surface area contributed by atoms with Gasteiger partial charge in [-0.25, -0.2) is 9.13 Å². The minimum atomic E-state index is -4.88. The molecule has 1 unspecified atom stereocenters. The Balaban J connectivity index is 4.66. The lowest BCUT2D eigenvalue weighted by atomic mass is 10.0. The minimum absolute atomic E-state index is 0.0236. The maximum atomic E-state index is 12.6. The highest BCUT2D eigenvalue weighted by atomic mass is 31.2. The van der Waals surface area contributed by atoms with Gasteiger partial charge in [-0.3, -0.25) is 23.2 Å². The van der Waals surface area contributed by atoms with Gasteiger partial charge in [-0.15, -0.1) is 0 Å². The smallest absolute Gasteiger partial charge is 0.462 e. The number of ether oxygens (including phenoxy) is 2. The van der Waals surface area contributed by atoms with E-state index in [9.17, 15) is 33.8 Å². The van der Waals surface area contributed by atoms with Crippen LogP contribution in [0, 0.1) is 5.92 Å². The molecule has 0 rings (SSSR count). The molecule has 14 nitrogen and oxygen atoms in total. The van der Waals surface area contributed by atoms with E-state index in [2.05, 4.69) is 35.9 Å². The largest absolute Gasteiger partial charge is 0.472 e. The van der Waals surface area contributed by atoms with E-state index in [4.69, 9.17) is 23.8 Å². The number of hydrogen-bond donors (Lipinski definition) is 5. The van der Waals surface area contributed by atoms with Crippen LogP contribution in [0.4, 0.5) is 0 Å². The van der Waals surface area contributed by atoms with E-state index in [1.54, 1.807) is 6.08 Å². The van der Waals surface area contributed by atoms with Gasteiger partial charge < -0.3 is 34.4 Å². The molecule has 0 saturated heterocycles. The average Bonchev–Trinajstić information content (AvgIpc) is 3.19. The summed E-state index contributed by atoms with van der Waals surface area (Å²) in [5.74, 6) is -0.346. The molecule has 0 heterocycles.